The van der Waals surface area contributed by atoms with Crippen molar-refractivity contribution in [2.75, 3.05) is 12.3 Å². The largest absolute Gasteiger partial charge is 0.398 e. The predicted octanol–water partition coefficient (Wildman–Crippen LogP) is 3.65. The van der Waals surface area contributed by atoms with Gasteiger partial charge in [-0.25, -0.2) is 4.39 Å². The Labute approximate surface area is 197 Å². The van der Waals surface area contributed by atoms with E-state index < -0.39 is 29.6 Å². The number of nitrogens with zero attached hydrogens (tertiary/aromatic N) is 1. The van der Waals surface area contributed by atoms with Crippen LogP contribution in [0.1, 0.15) is 36.6 Å². The maximum Gasteiger partial charge on any atom is 0.261 e. The van der Waals surface area contributed by atoms with Crippen LogP contribution >= 0.6 is 22.6 Å². The summed E-state index contributed by atoms with van der Waals surface area (Å²) < 4.78 is 14.5. The summed E-state index contributed by atoms with van der Waals surface area (Å²) in [5.74, 6) is -1.63. The SMILES string of the molecule is Nc1cc(C(=O)N[C@@H](Cc2cccc(F)c2)CN2C(=O)c3ccccc3C2=O)ccc1I. The number of anilines is 1. The molecular formula is C24H19FIN3O3. The number of hydrogen-bond acceptors (Lipinski definition) is 4. The first kappa shape index (κ1) is 21.9. The molecule has 3 aromatic rings. The Bertz CT molecular complexity index is 1200. The van der Waals surface area contributed by atoms with Crippen LogP contribution in [-0.4, -0.2) is 35.2 Å². The lowest BCUT2D eigenvalue weighted by Crippen LogP contribution is -2.47. The minimum atomic E-state index is -0.632. The van der Waals surface area contributed by atoms with E-state index in [2.05, 4.69) is 27.9 Å². The molecule has 0 radical (unpaired) electrons. The third-order valence-corrected chi connectivity index (χ3v) is 6.23. The number of nitrogen functional groups attached to an aromatic ring is 1. The fourth-order valence-corrected chi connectivity index (χ4v) is 4.02. The average Bonchev–Trinajstić information content (AvgIpc) is 3.00. The lowest BCUT2D eigenvalue weighted by atomic mass is 10.0. The molecule has 0 spiro atoms. The first-order valence-electron chi connectivity index (χ1n) is 9.89. The molecule has 0 fully saturated rings. The molecule has 4 rings (SSSR count). The molecule has 0 saturated heterocycles. The van der Waals surface area contributed by atoms with E-state index in [0.717, 1.165) is 8.47 Å². The molecule has 1 atom stereocenters. The second-order valence-electron chi connectivity index (χ2n) is 7.51. The highest BCUT2D eigenvalue weighted by molar-refractivity contribution is 14.1. The Kier molecular flexibility index (Phi) is 6.22. The number of nitrogens with two attached hydrogens (primary N) is 1. The number of benzene rings is 3. The van der Waals surface area contributed by atoms with E-state index in [9.17, 15) is 18.8 Å². The second kappa shape index (κ2) is 9.07. The van der Waals surface area contributed by atoms with E-state index in [1.54, 1.807) is 54.6 Å². The van der Waals surface area contributed by atoms with Gasteiger partial charge in [0.25, 0.3) is 17.7 Å². The van der Waals surface area contributed by atoms with Crippen LogP contribution in [0.2, 0.25) is 0 Å². The van der Waals surface area contributed by atoms with Gasteiger partial charge in [-0.15, -0.1) is 0 Å². The zero-order valence-electron chi connectivity index (χ0n) is 16.8. The monoisotopic (exact) mass is 543 g/mol. The normalized spacial score (nSPS) is 13.8. The van der Waals surface area contributed by atoms with Gasteiger partial charge in [0, 0.05) is 21.4 Å². The Morgan fingerprint density at radius 2 is 1.69 bits per heavy atom. The summed E-state index contributed by atoms with van der Waals surface area (Å²) in [5, 5.41) is 2.88. The Balaban J connectivity index is 1.59. The highest BCUT2D eigenvalue weighted by Crippen LogP contribution is 2.23. The van der Waals surface area contributed by atoms with Gasteiger partial charge in [-0.05, 0) is 77.0 Å². The fraction of sp³-hybridized carbons (Fsp3) is 0.125. The summed E-state index contributed by atoms with van der Waals surface area (Å²) in [7, 11) is 0. The third kappa shape index (κ3) is 4.50. The van der Waals surface area contributed by atoms with Gasteiger partial charge in [-0.1, -0.05) is 24.3 Å². The number of fused-ring (bicyclic) bond motifs is 1. The maximum atomic E-state index is 13.7. The number of nitrogens with one attached hydrogen (secondary N) is 1. The van der Waals surface area contributed by atoms with Crippen LogP contribution in [0, 0.1) is 9.39 Å². The number of halogens is 2. The number of carbonyl (C=O) groups is 3. The molecule has 0 bridgehead atoms. The molecule has 8 heteroatoms. The van der Waals surface area contributed by atoms with Crippen molar-refractivity contribution >= 4 is 46.0 Å². The standard InChI is InChI=1S/C24H19FIN3O3/c25-16-5-3-4-14(10-16)11-17(28-22(30)15-8-9-20(26)21(27)12-15)13-29-23(31)18-6-1-2-7-19(18)24(29)32/h1-10,12,17H,11,13,27H2,(H,28,30)/t17-/m0/s1. The molecule has 1 aliphatic rings. The van der Waals surface area contributed by atoms with Crippen LogP contribution in [0.4, 0.5) is 10.1 Å². The molecular weight excluding hydrogens is 524 g/mol. The van der Waals surface area contributed by atoms with Crippen molar-refractivity contribution in [2.24, 2.45) is 0 Å². The Morgan fingerprint density at radius 3 is 2.31 bits per heavy atom. The van der Waals surface area contributed by atoms with Crippen molar-refractivity contribution < 1.29 is 18.8 Å². The van der Waals surface area contributed by atoms with Crippen molar-refractivity contribution in [1.82, 2.24) is 10.2 Å². The van der Waals surface area contributed by atoms with Crippen molar-refractivity contribution in [1.29, 1.82) is 0 Å². The minimum absolute atomic E-state index is 0.0472. The molecule has 0 saturated carbocycles. The third-order valence-electron chi connectivity index (χ3n) is 5.25. The number of amides is 3. The van der Waals surface area contributed by atoms with Gasteiger partial charge in [-0.2, -0.15) is 0 Å². The molecule has 162 valence electrons. The first-order chi connectivity index (χ1) is 15.3. The summed E-state index contributed by atoms with van der Waals surface area (Å²) in [4.78, 5) is 39.6. The molecule has 0 unspecified atom stereocenters. The van der Waals surface area contributed by atoms with E-state index in [-0.39, 0.29) is 13.0 Å². The topological polar surface area (TPSA) is 92.5 Å². The highest BCUT2D eigenvalue weighted by atomic mass is 127. The zero-order valence-corrected chi connectivity index (χ0v) is 19.0. The molecule has 0 aromatic heterocycles. The highest BCUT2D eigenvalue weighted by Gasteiger charge is 2.36. The van der Waals surface area contributed by atoms with Gasteiger partial charge in [0.05, 0.1) is 17.2 Å². The van der Waals surface area contributed by atoms with E-state index in [4.69, 9.17) is 5.73 Å². The Hall–Kier alpha value is -3.27. The van der Waals surface area contributed by atoms with E-state index in [0.29, 0.717) is 27.9 Å². The van der Waals surface area contributed by atoms with Crippen molar-refractivity contribution in [3.63, 3.8) is 0 Å². The van der Waals surface area contributed by atoms with Gasteiger partial charge >= 0.3 is 0 Å². The lowest BCUT2D eigenvalue weighted by Gasteiger charge is -2.24. The smallest absolute Gasteiger partial charge is 0.261 e. The molecule has 3 amide bonds. The summed E-state index contributed by atoms with van der Waals surface area (Å²) in [6.45, 7) is -0.0472. The zero-order chi connectivity index (χ0) is 22.8. The maximum absolute atomic E-state index is 13.7. The second-order valence-corrected chi connectivity index (χ2v) is 8.67. The number of rotatable bonds is 6. The van der Waals surface area contributed by atoms with Gasteiger partial charge in [0.15, 0.2) is 0 Å². The molecule has 32 heavy (non-hydrogen) atoms. The number of carbonyl (C=O) groups excluding carboxylic acids is 3. The molecule has 1 aliphatic heterocycles. The van der Waals surface area contributed by atoms with Crippen molar-refractivity contribution in [3.05, 3.63) is 98.4 Å². The predicted molar refractivity (Wildman–Crippen MR) is 127 cm³/mol. The summed E-state index contributed by atoms with van der Waals surface area (Å²) >= 11 is 2.07. The molecule has 6 nitrogen and oxygen atoms in total. The lowest BCUT2D eigenvalue weighted by molar-refractivity contribution is 0.0628. The molecule has 3 aromatic carbocycles. The van der Waals surface area contributed by atoms with E-state index in [1.165, 1.54) is 12.1 Å². The summed E-state index contributed by atoms with van der Waals surface area (Å²) in [6.07, 6.45) is 0.233. The fourth-order valence-electron chi connectivity index (χ4n) is 3.69. The van der Waals surface area contributed by atoms with Gasteiger partial charge in [-0.3, -0.25) is 19.3 Å². The van der Waals surface area contributed by atoms with Crippen LogP contribution in [0.25, 0.3) is 0 Å². The van der Waals surface area contributed by atoms with Crippen LogP contribution < -0.4 is 11.1 Å². The van der Waals surface area contributed by atoms with E-state index in [1.807, 2.05) is 0 Å². The van der Waals surface area contributed by atoms with Gasteiger partial charge in [0.2, 0.25) is 0 Å². The molecule has 3 N–H and O–H groups in total. The van der Waals surface area contributed by atoms with Crippen LogP contribution in [-0.2, 0) is 6.42 Å². The average molecular weight is 543 g/mol. The number of hydrogen-bond donors (Lipinski definition) is 2. The summed E-state index contributed by atoms with van der Waals surface area (Å²) in [6, 6.07) is 16.9. The van der Waals surface area contributed by atoms with Crippen LogP contribution in [0.5, 0.6) is 0 Å². The Morgan fingerprint density at radius 1 is 1.00 bits per heavy atom. The van der Waals surface area contributed by atoms with Crippen molar-refractivity contribution in [2.45, 2.75) is 12.5 Å². The van der Waals surface area contributed by atoms with E-state index >= 15 is 0 Å². The summed E-state index contributed by atoms with van der Waals surface area (Å²) in [5.41, 5.74) is 8.05. The van der Waals surface area contributed by atoms with Crippen LogP contribution in [0.3, 0.4) is 0 Å². The minimum Gasteiger partial charge on any atom is -0.398 e. The number of imide groups is 1. The molecule has 0 aliphatic carbocycles. The first-order valence-corrected chi connectivity index (χ1v) is 11.0. The van der Waals surface area contributed by atoms with Gasteiger partial charge in [0.1, 0.15) is 5.82 Å². The van der Waals surface area contributed by atoms with Gasteiger partial charge < -0.3 is 11.1 Å². The van der Waals surface area contributed by atoms with Crippen LogP contribution in [0.15, 0.2) is 66.7 Å². The molecule has 1 heterocycles. The van der Waals surface area contributed by atoms with Crippen molar-refractivity contribution in [3.8, 4) is 0 Å². The quantitative estimate of drug-likeness (QED) is 0.282.